The number of nitro groups is 1. The molecule has 0 bridgehead atoms. The summed E-state index contributed by atoms with van der Waals surface area (Å²) in [7, 11) is 0. The number of carbonyl (C=O) groups excluding carboxylic acids is 1. The first-order valence-electron chi connectivity index (χ1n) is 7.29. The topological polar surface area (TPSA) is 96.3 Å². The van der Waals surface area contributed by atoms with Crippen LogP contribution in [0.5, 0.6) is 0 Å². The summed E-state index contributed by atoms with van der Waals surface area (Å²) in [6.07, 6.45) is 0. The van der Waals surface area contributed by atoms with Crippen molar-refractivity contribution in [3.05, 3.63) is 70.0 Å². The van der Waals surface area contributed by atoms with Gasteiger partial charge >= 0.3 is 6.03 Å². The van der Waals surface area contributed by atoms with Crippen LogP contribution in [0.3, 0.4) is 0 Å². The Hall–Kier alpha value is -3.16. The molecule has 0 saturated carbocycles. The van der Waals surface area contributed by atoms with Crippen LogP contribution in [0, 0.1) is 15.9 Å². The van der Waals surface area contributed by atoms with Crippen molar-refractivity contribution >= 4 is 17.4 Å². The van der Waals surface area contributed by atoms with Crippen molar-refractivity contribution in [2.75, 3.05) is 18.4 Å². The summed E-state index contributed by atoms with van der Waals surface area (Å²) < 4.78 is 12.8. The summed E-state index contributed by atoms with van der Waals surface area (Å²) >= 11 is 0. The zero-order valence-electron chi connectivity index (χ0n) is 12.8. The number of nitrogens with zero attached hydrogens (tertiary/aromatic N) is 1. The third-order valence-corrected chi connectivity index (χ3v) is 3.19. The van der Waals surface area contributed by atoms with Crippen molar-refractivity contribution in [3.8, 4) is 0 Å². The molecule has 0 aromatic heterocycles. The largest absolute Gasteiger partial charge is 0.378 e. The predicted octanol–water partition coefficient (Wildman–Crippen LogP) is 2.65. The number of carbonyl (C=O) groups is 1. The zero-order chi connectivity index (χ0) is 17.4. The third-order valence-electron chi connectivity index (χ3n) is 3.19. The molecule has 0 aliphatic carbocycles. The fourth-order valence-corrected chi connectivity index (χ4v) is 2.00. The molecule has 2 rings (SSSR count). The molecule has 0 aliphatic rings. The van der Waals surface area contributed by atoms with Crippen LogP contribution in [0.15, 0.2) is 48.5 Å². The number of halogens is 1. The SMILES string of the molecule is O=C(NCCNc1ccccc1[N+](=O)[O-])NCc1ccc(F)cc1. The van der Waals surface area contributed by atoms with Gasteiger partial charge in [0.15, 0.2) is 0 Å². The normalized spacial score (nSPS) is 10.0. The molecule has 0 unspecified atom stereocenters. The number of urea groups is 1. The molecule has 0 fully saturated rings. The number of hydrogen-bond acceptors (Lipinski definition) is 4. The van der Waals surface area contributed by atoms with Gasteiger partial charge in [-0.2, -0.15) is 0 Å². The minimum atomic E-state index is -0.467. The second-order valence-electron chi connectivity index (χ2n) is 4.94. The average molecular weight is 332 g/mol. The molecule has 2 amide bonds. The lowest BCUT2D eigenvalue weighted by molar-refractivity contribution is -0.384. The summed E-state index contributed by atoms with van der Waals surface area (Å²) in [5.41, 5.74) is 1.17. The first-order chi connectivity index (χ1) is 11.6. The lowest BCUT2D eigenvalue weighted by Gasteiger charge is -2.09. The molecule has 2 aromatic rings. The average Bonchev–Trinajstić information content (AvgIpc) is 2.58. The van der Waals surface area contributed by atoms with Crippen molar-refractivity contribution in [2.45, 2.75) is 6.54 Å². The highest BCUT2D eigenvalue weighted by atomic mass is 19.1. The monoisotopic (exact) mass is 332 g/mol. The number of amides is 2. The van der Waals surface area contributed by atoms with Crippen LogP contribution >= 0.6 is 0 Å². The second-order valence-corrected chi connectivity index (χ2v) is 4.94. The standard InChI is InChI=1S/C16H17FN4O3/c17-13-7-5-12(6-8-13)11-20-16(22)19-10-9-18-14-3-1-2-4-15(14)21(23)24/h1-8,18H,9-11H2,(H2,19,20,22). The maximum Gasteiger partial charge on any atom is 0.315 e. The minimum absolute atomic E-state index is 0.0155. The summed E-state index contributed by atoms with van der Waals surface area (Å²) in [5.74, 6) is -0.329. The maximum atomic E-state index is 12.8. The molecule has 24 heavy (non-hydrogen) atoms. The Morgan fingerprint density at radius 1 is 1.04 bits per heavy atom. The Kier molecular flexibility index (Phi) is 6.07. The minimum Gasteiger partial charge on any atom is -0.378 e. The highest BCUT2D eigenvalue weighted by Gasteiger charge is 2.11. The zero-order valence-corrected chi connectivity index (χ0v) is 12.8. The van der Waals surface area contributed by atoms with E-state index >= 15 is 0 Å². The molecule has 0 radical (unpaired) electrons. The van der Waals surface area contributed by atoms with E-state index in [0.29, 0.717) is 18.8 Å². The lowest BCUT2D eigenvalue weighted by atomic mass is 10.2. The van der Waals surface area contributed by atoms with E-state index in [9.17, 15) is 19.3 Å². The van der Waals surface area contributed by atoms with Crippen LogP contribution in [0.2, 0.25) is 0 Å². The third kappa shape index (κ3) is 5.24. The Morgan fingerprint density at radius 3 is 2.46 bits per heavy atom. The smallest absolute Gasteiger partial charge is 0.315 e. The first kappa shape index (κ1) is 17.2. The van der Waals surface area contributed by atoms with E-state index in [1.807, 2.05) is 0 Å². The number of nitrogens with one attached hydrogen (secondary N) is 3. The van der Waals surface area contributed by atoms with Crippen molar-refractivity contribution in [3.63, 3.8) is 0 Å². The number of nitro benzene ring substituents is 1. The summed E-state index contributed by atoms with van der Waals surface area (Å²) in [6, 6.07) is 11.7. The van der Waals surface area contributed by atoms with E-state index in [4.69, 9.17) is 0 Å². The quantitative estimate of drug-likeness (QED) is 0.412. The Morgan fingerprint density at radius 2 is 1.75 bits per heavy atom. The molecule has 0 spiro atoms. The molecule has 7 nitrogen and oxygen atoms in total. The fraction of sp³-hybridized carbons (Fsp3) is 0.188. The molecule has 0 atom stereocenters. The van der Waals surface area contributed by atoms with Gasteiger partial charge in [0.05, 0.1) is 4.92 Å². The number of rotatable bonds is 7. The van der Waals surface area contributed by atoms with E-state index in [1.165, 1.54) is 18.2 Å². The molecule has 126 valence electrons. The van der Waals surface area contributed by atoms with Crippen LogP contribution in [-0.2, 0) is 6.54 Å². The number of anilines is 1. The van der Waals surface area contributed by atoms with Gasteiger partial charge in [0.1, 0.15) is 11.5 Å². The Balaban J connectivity index is 1.69. The first-order valence-corrected chi connectivity index (χ1v) is 7.29. The molecule has 2 aromatic carbocycles. The molecule has 0 heterocycles. The second kappa shape index (κ2) is 8.47. The molecule has 3 N–H and O–H groups in total. The Labute approximate surface area is 138 Å². The molecule has 0 aliphatic heterocycles. The van der Waals surface area contributed by atoms with Crippen molar-refractivity contribution < 1.29 is 14.1 Å². The van der Waals surface area contributed by atoms with Gasteiger partial charge < -0.3 is 16.0 Å². The van der Waals surface area contributed by atoms with Crippen LogP contribution in [-0.4, -0.2) is 24.0 Å². The van der Waals surface area contributed by atoms with Crippen LogP contribution in [0.25, 0.3) is 0 Å². The summed E-state index contributed by atoms with van der Waals surface area (Å²) in [6.45, 7) is 0.916. The van der Waals surface area contributed by atoms with Gasteiger partial charge in [-0.05, 0) is 23.8 Å². The molecule has 0 saturated heterocycles. The van der Waals surface area contributed by atoms with Crippen LogP contribution in [0.4, 0.5) is 20.6 Å². The van der Waals surface area contributed by atoms with Gasteiger partial charge in [-0.1, -0.05) is 24.3 Å². The number of hydrogen-bond donors (Lipinski definition) is 3. The molecular formula is C16H17FN4O3. The highest BCUT2D eigenvalue weighted by molar-refractivity contribution is 5.73. The van der Waals surface area contributed by atoms with Gasteiger partial charge in [0.25, 0.3) is 5.69 Å². The van der Waals surface area contributed by atoms with Gasteiger partial charge in [0, 0.05) is 25.7 Å². The molecule has 8 heteroatoms. The van der Waals surface area contributed by atoms with Gasteiger partial charge in [-0.3, -0.25) is 10.1 Å². The summed E-state index contributed by atoms with van der Waals surface area (Å²) in [4.78, 5) is 22.0. The van der Waals surface area contributed by atoms with Crippen LogP contribution < -0.4 is 16.0 Å². The van der Waals surface area contributed by atoms with Crippen molar-refractivity contribution in [1.29, 1.82) is 0 Å². The van der Waals surface area contributed by atoms with E-state index in [-0.39, 0.29) is 24.1 Å². The fourth-order valence-electron chi connectivity index (χ4n) is 2.00. The van der Waals surface area contributed by atoms with E-state index < -0.39 is 4.92 Å². The molecular weight excluding hydrogens is 315 g/mol. The number of para-hydroxylation sites is 2. The van der Waals surface area contributed by atoms with Crippen LogP contribution in [0.1, 0.15) is 5.56 Å². The lowest BCUT2D eigenvalue weighted by Crippen LogP contribution is -2.37. The van der Waals surface area contributed by atoms with Crippen molar-refractivity contribution in [2.24, 2.45) is 0 Å². The number of benzene rings is 2. The Bertz CT molecular complexity index is 707. The summed E-state index contributed by atoms with van der Waals surface area (Å²) in [5, 5.41) is 19.0. The van der Waals surface area contributed by atoms with Gasteiger partial charge in [-0.15, -0.1) is 0 Å². The van der Waals surface area contributed by atoms with E-state index in [1.54, 1.807) is 30.3 Å². The van der Waals surface area contributed by atoms with Gasteiger partial charge in [0.2, 0.25) is 0 Å². The van der Waals surface area contributed by atoms with E-state index in [0.717, 1.165) is 5.56 Å². The van der Waals surface area contributed by atoms with Crippen molar-refractivity contribution in [1.82, 2.24) is 10.6 Å². The predicted molar refractivity (Wildman–Crippen MR) is 88.2 cm³/mol. The van der Waals surface area contributed by atoms with E-state index in [2.05, 4.69) is 16.0 Å². The van der Waals surface area contributed by atoms with Gasteiger partial charge in [-0.25, -0.2) is 9.18 Å². The maximum absolute atomic E-state index is 12.8. The highest BCUT2D eigenvalue weighted by Crippen LogP contribution is 2.22.